The number of fused-ring (bicyclic) bond motifs is 1. The van der Waals surface area contributed by atoms with E-state index >= 15 is 0 Å². The Morgan fingerprint density at radius 3 is 2.53 bits per heavy atom. The number of ether oxygens (including phenoxy) is 1. The van der Waals surface area contributed by atoms with Gasteiger partial charge in [0.25, 0.3) is 0 Å². The third-order valence-corrected chi connectivity index (χ3v) is 5.11. The molecule has 0 spiro atoms. The molecule has 4 aromatic rings. The summed E-state index contributed by atoms with van der Waals surface area (Å²) in [5, 5.41) is 8.91. The van der Waals surface area contributed by atoms with Crippen molar-refractivity contribution < 1.29 is 17.9 Å². The van der Waals surface area contributed by atoms with E-state index in [0.717, 1.165) is 17.3 Å². The van der Waals surface area contributed by atoms with E-state index in [1.807, 2.05) is 18.2 Å². The van der Waals surface area contributed by atoms with E-state index < -0.39 is 11.9 Å². The lowest BCUT2D eigenvalue weighted by atomic mass is 10.0. The summed E-state index contributed by atoms with van der Waals surface area (Å²) in [5.74, 6) is 0.308. The Hall–Kier alpha value is -3.20. The van der Waals surface area contributed by atoms with Crippen LogP contribution in [0.3, 0.4) is 0 Å². The second-order valence-electron chi connectivity index (χ2n) is 6.61. The van der Waals surface area contributed by atoms with Crippen molar-refractivity contribution in [3.8, 4) is 17.1 Å². The molecule has 0 saturated heterocycles. The normalized spacial score (nSPS) is 11.8. The number of aromatic nitrogens is 5. The van der Waals surface area contributed by atoms with Gasteiger partial charge < -0.3 is 4.74 Å². The summed E-state index contributed by atoms with van der Waals surface area (Å²) >= 11 is 6.69. The van der Waals surface area contributed by atoms with E-state index in [2.05, 4.69) is 20.3 Å². The van der Waals surface area contributed by atoms with E-state index in [1.54, 1.807) is 17.9 Å². The lowest BCUT2D eigenvalue weighted by molar-refractivity contribution is -0.141. The maximum absolute atomic E-state index is 12.8. The summed E-state index contributed by atoms with van der Waals surface area (Å²) in [6.07, 6.45) is -1.45. The Bertz CT molecular complexity index is 1220. The monoisotopic (exact) mass is 433 g/mol. The van der Waals surface area contributed by atoms with Crippen molar-refractivity contribution in [3.63, 3.8) is 0 Å². The molecule has 0 bridgehead atoms. The van der Waals surface area contributed by atoms with Gasteiger partial charge >= 0.3 is 6.18 Å². The first-order valence-corrected chi connectivity index (χ1v) is 9.19. The molecule has 0 unspecified atom stereocenters. The molecule has 4 rings (SSSR count). The molecule has 0 fully saturated rings. The van der Waals surface area contributed by atoms with Crippen molar-refractivity contribution >= 4 is 22.5 Å². The predicted octanol–water partition coefficient (Wildman–Crippen LogP) is 4.70. The minimum Gasteiger partial charge on any atom is -0.481 e. The fourth-order valence-corrected chi connectivity index (χ4v) is 3.48. The summed E-state index contributed by atoms with van der Waals surface area (Å²) in [7, 11) is 3.25. The van der Waals surface area contributed by atoms with Crippen LogP contribution >= 0.6 is 11.6 Å². The maximum atomic E-state index is 12.8. The minimum absolute atomic E-state index is 0.216. The van der Waals surface area contributed by atoms with Gasteiger partial charge in [-0.15, -0.1) is 5.10 Å². The molecule has 1 aromatic carbocycles. The second kappa shape index (κ2) is 7.56. The van der Waals surface area contributed by atoms with E-state index in [1.165, 1.54) is 19.4 Å². The standard InChI is InChI=1S/C20H15ClF3N5O/c1-29-16(10-26-28-29)12-4-5-15-13(8-12)18(21)14(19(27-15)30-2)7-11-3-6-17(25-9-11)20(22,23)24/h3-6,8-10H,7H2,1-2H3. The summed E-state index contributed by atoms with van der Waals surface area (Å²) in [6, 6.07) is 7.88. The first kappa shape index (κ1) is 20.1. The number of hydrogen-bond acceptors (Lipinski definition) is 5. The number of nitrogens with zero attached hydrogens (tertiary/aromatic N) is 5. The number of halogens is 4. The fourth-order valence-electron chi connectivity index (χ4n) is 3.18. The highest BCUT2D eigenvalue weighted by Crippen LogP contribution is 2.36. The lowest BCUT2D eigenvalue weighted by Crippen LogP contribution is -2.08. The van der Waals surface area contributed by atoms with Crippen LogP contribution in [0.5, 0.6) is 5.88 Å². The van der Waals surface area contributed by atoms with E-state index in [-0.39, 0.29) is 6.42 Å². The van der Waals surface area contributed by atoms with Crippen LogP contribution in [-0.4, -0.2) is 32.1 Å². The number of benzene rings is 1. The van der Waals surface area contributed by atoms with E-state index in [4.69, 9.17) is 16.3 Å². The molecule has 0 amide bonds. The Balaban J connectivity index is 1.78. The third kappa shape index (κ3) is 3.68. The molecule has 0 aliphatic carbocycles. The van der Waals surface area contributed by atoms with Crippen LogP contribution in [0.2, 0.25) is 5.02 Å². The van der Waals surface area contributed by atoms with Crippen LogP contribution in [0.15, 0.2) is 42.7 Å². The van der Waals surface area contributed by atoms with Crippen LogP contribution in [0.4, 0.5) is 13.2 Å². The highest BCUT2D eigenvalue weighted by molar-refractivity contribution is 6.36. The molecule has 154 valence electrons. The van der Waals surface area contributed by atoms with Gasteiger partial charge in [-0.25, -0.2) is 9.67 Å². The molecule has 3 aromatic heterocycles. The quantitative estimate of drug-likeness (QED) is 0.467. The molecule has 0 atom stereocenters. The van der Waals surface area contributed by atoms with Crippen molar-refractivity contribution in [2.75, 3.05) is 7.11 Å². The van der Waals surface area contributed by atoms with Gasteiger partial charge in [-0.05, 0) is 23.8 Å². The number of pyridine rings is 2. The van der Waals surface area contributed by atoms with Crippen LogP contribution in [0, 0.1) is 0 Å². The van der Waals surface area contributed by atoms with Crippen molar-refractivity contribution in [2.45, 2.75) is 12.6 Å². The average molecular weight is 434 g/mol. The first-order valence-electron chi connectivity index (χ1n) is 8.81. The molecule has 0 aliphatic rings. The van der Waals surface area contributed by atoms with Gasteiger partial charge in [0.2, 0.25) is 5.88 Å². The average Bonchev–Trinajstić information content (AvgIpc) is 3.15. The van der Waals surface area contributed by atoms with Gasteiger partial charge in [-0.3, -0.25) is 4.98 Å². The van der Waals surface area contributed by atoms with Gasteiger partial charge in [0, 0.05) is 36.2 Å². The number of alkyl halides is 3. The van der Waals surface area contributed by atoms with Gasteiger partial charge in [0.15, 0.2) is 0 Å². The number of rotatable bonds is 4. The highest BCUT2D eigenvalue weighted by Gasteiger charge is 2.32. The van der Waals surface area contributed by atoms with Crippen LogP contribution in [0.25, 0.3) is 22.2 Å². The number of methoxy groups -OCH3 is 1. The molecular formula is C20H15ClF3N5O. The SMILES string of the molecule is COc1nc2ccc(-c3cnnn3C)cc2c(Cl)c1Cc1ccc(C(F)(F)F)nc1. The van der Waals surface area contributed by atoms with Crippen molar-refractivity contribution in [1.29, 1.82) is 0 Å². The Morgan fingerprint density at radius 1 is 1.13 bits per heavy atom. The van der Waals surface area contributed by atoms with Crippen molar-refractivity contribution in [3.05, 3.63) is 64.6 Å². The molecule has 0 radical (unpaired) electrons. The van der Waals surface area contributed by atoms with Crippen LogP contribution in [0.1, 0.15) is 16.8 Å². The van der Waals surface area contributed by atoms with E-state index in [0.29, 0.717) is 32.9 Å². The Kier molecular flexibility index (Phi) is 5.07. The van der Waals surface area contributed by atoms with Crippen molar-refractivity contribution in [2.24, 2.45) is 7.05 Å². The lowest BCUT2D eigenvalue weighted by Gasteiger charge is -2.14. The minimum atomic E-state index is -4.49. The summed E-state index contributed by atoms with van der Waals surface area (Å²) in [5.41, 5.74) is 2.45. The molecule has 0 N–H and O–H groups in total. The summed E-state index contributed by atoms with van der Waals surface area (Å²) < 4.78 is 45.3. The van der Waals surface area contributed by atoms with Crippen LogP contribution in [-0.2, 0) is 19.6 Å². The Labute approximate surface area is 174 Å². The molecule has 30 heavy (non-hydrogen) atoms. The predicted molar refractivity (Wildman–Crippen MR) is 105 cm³/mol. The van der Waals surface area contributed by atoms with Gasteiger partial charge in [-0.2, -0.15) is 13.2 Å². The van der Waals surface area contributed by atoms with Gasteiger partial charge in [-0.1, -0.05) is 28.9 Å². The number of hydrogen-bond donors (Lipinski definition) is 0. The van der Waals surface area contributed by atoms with E-state index in [9.17, 15) is 13.2 Å². The molecule has 10 heteroatoms. The summed E-state index contributed by atoms with van der Waals surface area (Å²) in [6.45, 7) is 0. The zero-order chi connectivity index (χ0) is 21.5. The first-order chi connectivity index (χ1) is 14.3. The molecule has 0 saturated carbocycles. The van der Waals surface area contributed by atoms with Crippen molar-refractivity contribution in [1.82, 2.24) is 25.0 Å². The highest BCUT2D eigenvalue weighted by atomic mass is 35.5. The second-order valence-corrected chi connectivity index (χ2v) is 6.99. The molecule has 0 aliphatic heterocycles. The molecule has 3 heterocycles. The Morgan fingerprint density at radius 2 is 1.93 bits per heavy atom. The van der Waals surface area contributed by atoms with Crippen LogP contribution < -0.4 is 4.74 Å². The maximum Gasteiger partial charge on any atom is 0.433 e. The topological polar surface area (TPSA) is 65.7 Å². The van der Waals surface area contributed by atoms with Gasteiger partial charge in [0.1, 0.15) is 5.69 Å². The van der Waals surface area contributed by atoms with Gasteiger partial charge in [0.05, 0.1) is 29.5 Å². The smallest absolute Gasteiger partial charge is 0.433 e. The summed E-state index contributed by atoms with van der Waals surface area (Å²) in [4.78, 5) is 8.01. The largest absolute Gasteiger partial charge is 0.481 e. The zero-order valence-corrected chi connectivity index (χ0v) is 16.7. The number of aryl methyl sites for hydroxylation is 1. The fraction of sp³-hybridized carbons (Fsp3) is 0.200. The molecule has 6 nitrogen and oxygen atoms in total. The zero-order valence-electron chi connectivity index (χ0n) is 15.9. The third-order valence-electron chi connectivity index (χ3n) is 4.68. The molecular weight excluding hydrogens is 419 g/mol.